The molecule has 6 heteroatoms. The Balaban J connectivity index is 1.83. The summed E-state index contributed by atoms with van der Waals surface area (Å²) < 4.78 is 13.4. The maximum atomic E-state index is 13.4. The van der Waals surface area contributed by atoms with Crippen LogP contribution in [0.4, 0.5) is 4.39 Å². The number of hydrazone groups is 1. The molecule has 0 aliphatic carbocycles. The van der Waals surface area contributed by atoms with Gasteiger partial charge >= 0.3 is 0 Å². The van der Waals surface area contributed by atoms with Crippen molar-refractivity contribution in [3.63, 3.8) is 0 Å². The Morgan fingerprint density at radius 1 is 1.24 bits per heavy atom. The molecule has 0 spiro atoms. The molecule has 0 aliphatic rings. The van der Waals surface area contributed by atoms with Crippen LogP contribution >= 0.6 is 23.4 Å². The summed E-state index contributed by atoms with van der Waals surface area (Å²) in [6.45, 7) is 0. The van der Waals surface area contributed by atoms with Crippen molar-refractivity contribution in [3.8, 4) is 0 Å². The lowest BCUT2D eigenvalue weighted by Crippen LogP contribution is -2.19. The van der Waals surface area contributed by atoms with Crippen LogP contribution in [-0.2, 0) is 4.79 Å². The van der Waals surface area contributed by atoms with Crippen molar-refractivity contribution in [3.05, 3.63) is 64.9 Å². The topological polar surface area (TPSA) is 41.5 Å². The smallest absolute Gasteiger partial charge is 0.250 e. The third-order valence-corrected chi connectivity index (χ3v) is 3.89. The number of halogens is 2. The van der Waals surface area contributed by atoms with Crippen molar-refractivity contribution in [1.29, 1.82) is 0 Å². The van der Waals surface area contributed by atoms with Crippen molar-refractivity contribution in [2.24, 2.45) is 5.10 Å². The number of nitrogens with one attached hydrogen (secondary N) is 1. The van der Waals surface area contributed by atoms with Crippen LogP contribution in [0.2, 0.25) is 5.02 Å². The molecule has 0 heterocycles. The van der Waals surface area contributed by atoms with Gasteiger partial charge in [0, 0.05) is 15.5 Å². The quantitative estimate of drug-likeness (QED) is 0.518. The Morgan fingerprint density at radius 2 is 1.95 bits per heavy atom. The highest BCUT2D eigenvalue weighted by Gasteiger charge is 2.05. The molecular formula is C15H12ClFN2OS. The van der Waals surface area contributed by atoms with Gasteiger partial charge in [0.15, 0.2) is 0 Å². The predicted octanol–water partition coefficient (Wildman–Crippen LogP) is 3.72. The first-order valence-corrected chi connectivity index (χ1v) is 7.47. The van der Waals surface area contributed by atoms with Crippen molar-refractivity contribution < 1.29 is 9.18 Å². The van der Waals surface area contributed by atoms with E-state index in [4.69, 9.17) is 11.6 Å². The van der Waals surface area contributed by atoms with Gasteiger partial charge in [-0.1, -0.05) is 41.9 Å². The minimum absolute atomic E-state index is 0.0841. The van der Waals surface area contributed by atoms with Crippen LogP contribution in [0.1, 0.15) is 5.56 Å². The van der Waals surface area contributed by atoms with E-state index in [0.29, 0.717) is 15.5 Å². The van der Waals surface area contributed by atoms with Gasteiger partial charge < -0.3 is 0 Å². The van der Waals surface area contributed by atoms with Gasteiger partial charge in [0.2, 0.25) is 5.91 Å². The van der Waals surface area contributed by atoms with Gasteiger partial charge in [-0.25, -0.2) is 9.82 Å². The summed E-state index contributed by atoms with van der Waals surface area (Å²) in [5, 5.41) is 4.37. The number of thioether (sulfide) groups is 1. The fourth-order valence-corrected chi connectivity index (χ4v) is 2.41. The number of carbonyl (C=O) groups excluding carboxylic acids is 1. The van der Waals surface area contributed by atoms with Crippen molar-refractivity contribution in [1.82, 2.24) is 5.43 Å². The third-order valence-electron chi connectivity index (χ3n) is 2.49. The molecule has 0 atom stereocenters. The second-order valence-electron chi connectivity index (χ2n) is 4.03. The lowest BCUT2D eigenvalue weighted by molar-refractivity contribution is -0.118. The van der Waals surface area contributed by atoms with Gasteiger partial charge in [-0.2, -0.15) is 5.10 Å². The molecule has 0 saturated heterocycles. The van der Waals surface area contributed by atoms with Gasteiger partial charge in [-0.3, -0.25) is 4.79 Å². The summed E-state index contributed by atoms with van der Waals surface area (Å²) in [6.07, 6.45) is 1.47. The van der Waals surface area contributed by atoms with E-state index < -0.39 is 0 Å². The highest BCUT2D eigenvalue weighted by atomic mass is 35.5. The van der Waals surface area contributed by atoms with Crippen LogP contribution in [-0.4, -0.2) is 17.9 Å². The fourth-order valence-electron chi connectivity index (χ4n) is 1.49. The summed E-state index contributed by atoms with van der Waals surface area (Å²) in [6, 6.07) is 13.5. The number of hydrogen-bond acceptors (Lipinski definition) is 3. The Morgan fingerprint density at radius 3 is 2.71 bits per heavy atom. The number of rotatable bonds is 5. The summed E-state index contributed by atoms with van der Waals surface area (Å²) in [4.78, 5) is 12.0. The van der Waals surface area contributed by atoms with Crippen LogP contribution in [0.5, 0.6) is 0 Å². The first-order chi connectivity index (χ1) is 10.2. The van der Waals surface area contributed by atoms with Crippen LogP contribution < -0.4 is 5.43 Å². The van der Waals surface area contributed by atoms with Crippen LogP contribution in [0.25, 0.3) is 0 Å². The van der Waals surface area contributed by atoms with E-state index in [1.54, 1.807) is 30.3 Å². The van der Waals surface area contributed by atoms with Gasteiger partial charge in [-0.15, -0.1) is 11.8 Å². The second kappa shape index (κ2) is 7.81. The normalized spacial score (nSPS) is 10.8. The predicted molar refractivity (Wildman–Crippen MR) is 84.3 cm³/mol. The molecule has 0 radical (unpaired) electrons. The second-order valence-corrected chi connectivity index (χ2v) is 5.46. The van der Waals surface area contributed by atoms with E-state index in [0.717, 1.165) is 11.8 Å². The van der Waals surface area contributed by atoms with Crippen LogP contribution in [0, 0.1) is 5.82 Å². The Hall–Kier alpha value is -1.85. The summed E-state index contributed by atoms with van der Waals surface area (Å²) >= 11 is 7.07. The molecule has 21 heavy (non-hydrogen) atoms. The molecule has 0 aliphatic heterocycles. The minimum Gasteiger partial charge on any atom is -0.272 e. The lowest BCUT2D eigenvalue weighted by Gasteiger charge is -2.02. The Bertz CT molecular complexity index is 664. The molecule has 0 fully saturated rings. The molecule has 2 aromatic carbocycles. The maximum Gasteiger partial charge on any atom is 0.250 e. The maximum absolute atomic E-state index is 13.4. The highest BCUT2D eigenvalue weighted by molar-refractivity contribution is 8.00. The Kier molecular flexibility index (Phi) is 5.78. The largest absolute Gasteiger partial charge is 0.272 e. The average Bonchev–Trinajstić information content (AvgIpc) is 2.48. The van der Waals surface area contributed by atoms with E-state index in [1.807, 2.05) is 12.1 Å². The Labute approximate surface area is 131 Å². The van der Waals surface area contributed by atoms with Crippen LogP contribution in [0.15, 0.2) is 58.5 Å². The first kappa shape index (κ1) is 15.5. The van der Waals surface area contributed by atoms with Gasteiger partial charge in [0.05, 0.1) is 12.0 Å². The lowest BCUT2D eigenvalue weighted by atomic mass is 10.2. The van der Waals surface area contributed by atoms with E-state index >= 15 is 0 Å². The number of carbonyl (C=O) groups is 1. The molecule has 3 nitrogen and oxygen atoms in total. The first-order valence-electron chi connectivity index (χ1n) is 6.10. The molecule has 0 unspecified atom stereocenters. The van der Waals surface area contributed by atoms with Crippen molar-refractivity contribution in [2.45, 2.75) is 4.90 Å². The highest BCUT2D eigenvalue weighted by Crippen LogP contribution is 2.20. The number of nitrogens with zero attached hydrogens (tertiary/aromatic N) is 1. The molecule has 1 amide bonds. The molecule has 0 bridgehead atoms. The van der Waals surface area contributed by atoms with Crippen LogP contribution in [0.3, 0.4) is 0 Å². The molecular weight excluding hydrogens is 311 g/mol. The fraction of sp³-hybridized carbons (Fsp3) is 0.0667. The standard InChI is InChI=1S/C15H12ClFN2OS/c16-12-6-2-1-5-11(12)9-18-19-15(20)10-21-14-8-4-3-7-13(14)17/h1-9H,10H2,(H,19,20)/b18-9-. The van der Waals surface area contributed by atoms with Gasteiger partial charge in [0.25, 0.3) is 0 Å². The molecule has 2 aromatic rings. The molecule has 108 valence electrons. The summed E-state index contributed by atoms with van der Waals surface area (Å²) in [5.74, 6) is -0.567. The number of benzene rings is 2. The molecule has 0 aromatic heterocycles. The summed E-state index contributed by atoms with van der Waals surface area (Å²) in [5.41, 5.74) is 3.09. The van der Waals surface area contributed by atoms with E-state index in [2.05, 4.69) is 10.5 Å². The van der Waals surface area contributed by atoms with Crippen molar-refractivity contribution >= 4 is 35.5 Å². The van der Waals surface area contributed by atoms with E-state index in [-0.39, 0.29) is 17.5 Å². The monoisotopic (exact) mass is 322 g/mol. The number of amides is 1. The number of hydrogen-bond donors (Lipinski definition) is 1. The zero-order valence-electron chi connectivity index (χ0n) is 10.9. The van der Waals surface area contributed by atoms with E-state index in [9.17, 15) is 9.18 Å². The van der Waals surface area contributed by atoms with Crippen molar-refractivity contribution in [2.75, 3.05) is 5.75 Å². The zero-order chi connectivity index (χ0) is 15.1. The SMILES string of the molecule is O=C(CSc1ccccc1F)N/N=C\c1ccccc1Cl. The van der Waals surface area contributed by atoms with Gasteiger partial charge in [0.1, 0.15) is 5.82 Å². The zero-order valence-corrected chi connectivity index (χ0v) is 12.5. The van der Waals surface area contributed by atoms with E-state index in [1.165, 1.54) is 12.3 Å². The molecule has 2 rings (SSSR count). The van der Waals surface area contributed by atoms with Gasteiger partial charge in [-0.05, 0) is 18.2 Å². The minimum atomic E-state index is -0.338. The summed E-state index contributed by atoms with van der Waals surface area (Å²) in [7, 11) is 0. The molecule has 0 saturated carbocycles. The average molecular weight is 323 g/mol. The molecule has 1 N–H and O–H groups in total. The third kappa shape index (κ3) is 4.88.